The van der Waals surface area contributed by atoms with E-state index in [0.717, 1.165) is 0 Å². The summed E-state index contributed by atoms with van der Waals surface area (Å²) in [4.78, 5) is 3.89. The molecule has 2 aromatic rings. The minimum absolute atomic E-state index is 0.0620. The highest BCUT2D eigenvalue weighted by atomic mass is 19.4. The summed E-state index contributed by atoms with van der Waals surface area (Å²) in [5.41, 5.74) is 6.08. The van der Waals surface area contributed by atoms with Gasteiger partial charge in [0.2, 0.25) is 5.65 Å². The fourth-order valence-electron chi connectivity index (χ4n) is 2.86. The molecule has 2 atom stereocenters. The molecule has 108 valence electrons. The Bertz CT molecular complexity index is 621. The summed E-state index contributed by atoms with van der Waals surface area (Å²) in [5, 5.41) is 7.95. The van der Waals surface area contributed by atoms with Crippen LogP contribution in [0, 0.1) is 5.92 Å². The van der Waals surface area contributed by atoms with Crippen LogP contribution in [-0.4, -0.2) is 25.8 Å². The van der Waals surface area contributed by atoms with Crippen LogP contribution in [0.5, 0.6) is 0 Å². The lowest BCUT2D eigenvalue weighted by Crippen LogP contribution is -2.28. The van der Waals surface area contributed by atoms with E-state index in [-0.39, 0.29) is 24.6 Å². The highest BCUT2D eigenvalue weighted by Crippen LogP contribution is 2.43. The summed E-state index contributed by atoms with van der Waals surface area (Å²) in [6, 6.07) is 0. The van der Waals surface area contributed by atoms with E-state index in [0.29, 0.717) is 24.3 Å². The molecule has 0 aliphatic heterocycles. The summed E-state index contributed by atoms with van der Waals surface area (Å²) in [6.45, 7) is 0. The monoisotopic (exact) mass is 285 g/mol. The Hall–Kier alpha value is -1.86. The molecule has 0 aromatic carbocycles. The van der Waals surface area contributed by atoms with Crippen molar-refractivity contribution in [1.82, 2.24) is 19.6 Å². The molecule has 20 heavy (non-hydrogen) atoms. The van der Waals surface area contributed by atoms with Gasteiger partial charge in [-0.3, -0.25) is 4.40 Å². The molecular weight excluding hydrogens is 271 g/mol. The Morgan fingerprint density at radius 1 is 1.25 bits per heavy atom. The van der Waals surface area contributed by atoms with Gasteiger partial charge in [-0.05, 0) is 19.3 Å². The van der Waals surface area contributed by atoms with Gasteiger partial charge in [-0.15, -0.1) is 10.2 Å². The molecule has 0 bridgehead atoms. The molecule has 0 amide bonds. The Morgan fingerprint density at radius 3 is 2.80 bits per heavy atom. The van der Waals surface area contributed by atoms with Crippen LogP contribution in [0.4, 0.5) is 19.0 Å². The predicted octanol–water partition coefficient (Wildman–Crippen LogP) is 2.54. The predicted molar refractivity (Wildman–Crippen MR) is 65.9 cm³/mol. The van der Waals surface area contributed by atoms with Crippen LogP contribution in [0.3, 0.4) is 0 Å². The van der Waals surface area contributed by atoms with E-state index in [9.17, 15) is 13.2 Å². The quantitative estimate of drug-likeness (QED) is 0.874. The summed E-state index contributed by atoms with van der Waals surface area (Å²) in [6.07, 6.45) is 0.490. The normalized spacial score (nSPS) is 24.1. The third kappa shape index (κ3) is 2.19. The topological polar surface area (TPSA) is 69.1 Å². The van der Waals surface area contributed by atoms with Crippen LogP contribution in [0.1, 0.15) is 37.4 Å². The molecule has 3 rings (SSSR count). The van der Waals surface area contributed by atoms with E-state index < -0.39 is 12.1 Å². The number of aromatic nitrogens is 4. The van der Waals surface area contributed by atoms with Crippen molar-refractivity contribution in [3.05, 3.63) is 18.2 Å². The maximum Gasteiger partial charge on any atom is 0.391 e. The van der Waals surface area contributed by atoms with Gasteiger partial charge in [0.25, 0.3) is 0 Å². The number of nitrogen functional groups attached to an aromatic ring is 1. The van der Waals surface area contributed by atoms with E-state index in [1.807, 2.05) is 0 Å². The number of hydrogen-bond acceptors (Lipinski definition) is 4. The molecule has 0 saturated heterocycles. The second-order valence-electron chi connectivity index (χ2n) is 5.17. The van der Waals surface area contributed by atoms with Gasteiger partial charge in [0.1, 0.15) is 5.82 Å². The number of hydrogen-bond donors (Lipinski definition) is 1. The maximum atomic E-state index is 12.9. The number of alkyl halides is 3. The lowest BCUT2D eigenvalue weighted by Gasteiger charge is -2.29. The average Bonchev–Trinajstić information content (AvgIpc) is 2.83. The summed E-state index contributed by atoms with van der Waals surface area (Å²) < 4.78 is 40.2. The van der Waals surface area contributed by atoms with Gasteiger partial charge in [-0.2, -0.15) is 13.2 Å². The summed E-state index contributed by atoms with van der Waals surface area (Å²) in [5.74, 6) is -0.725. The van der Waals surface area contributed by atoms with Crippen LogP contribution < -0.4 is 5.73 Å². The first kappa shape index (κ1) is 13.1. The number of halogens is 3. The van der Waals surface area contributed by atoms with Gasteiger partial charge < -0.3 is 5.73 Å². The maximum absolute atomic E-state index is 12.9. The molecular formula is C12H14F3N5. The smallest absolute Gasteiger partial charge is 0.381 e. The van der Waals surface area contributed by atoms with Gasteiger partial charge in [0, 0.05) is 18.3 Å². The van der Waals surface area contributed by atoms with Crippen molar-refractivity contribution >= 4 is 11.5 Å². The van der Waals surface area contributed by atoms with E-state index in [4.69, 9.17) is 5.73 Å². The molecule has 2 aromatic heterocycles. The van der Waals surface area contributed by atoms with E-state index in [1.165, 1.54) is 6.20 Å². The minimum Gasteiger partial charge on any atom is -0.381 e. The largest absolute Gasteiger partial charge is 0.391 e. The first-order chi connectivity index (χ1) is 9.47. The molecule has 8 heteroatoms. The average molecular weight is 285 g/mol. The van der Waals surface area contributed by atoms with Crippen molar-refractivity contribution in [2.24, 2.45) is 5.92 Å². The SMILES string of the molecule is Nc1nccn2c([C@H]3CCC[C@@H](C(F)(F)F)C3)nnc12. The Labute approximate surface area is 113 Å². The van der Waals surface area contributed by atoms with Crippen LogP contribution >= 0.6 is 0 Å². The molecule has 0 unspecified atom stereocenters. The third-order valence-electron chi connectivity index (χ3n) is 3.88. The standard InChI is InChI=1S/C12H14F3N5/c13-12(14,15)8-3-1-2-7(6-8)10-18-19-11-9(16)17-4-5-20(10)11/h4-5,7-8H,1-3,6H2,(H2,16,17)/t7-,8+/m0/s1. The fourth-order valence-corrected chi connectivity index (χ4v) is 2.86. The second-order valence-corrected chi connectivity index (χ2v) is 5.17. The lowest BCUT2D eigenvalue weighted by molar-refractivity contribution is -0.183. The molecule has 1 aliphatic rings. The Kier molecular flexibility index (Phi) is 3.02. The highest BCUT2D eigenvalue weighted by Gasteiger charge is 2.43. The first-order valence-corrected chi connectivity index (χ1v) is 6.48. The lowest BCUT2D eigenvalue weighted by atomic mass is 9.80. The fraction of sp³-hybridized carbons (Fsp3) is 0.583. The van der Waals surface area contributed by atoms with E-state index in [1.54, 1.807) is 10.6 Å². The first-order valence-electron chi connectivity index (χ1n) is 6.48. The number of nitrogens with two attached hydrogens (primary N) is 1. The second kappa shape index (κ2) is 4.60. The highest BCUT2D eigenvalue weighted by molar-refractivity contribution is 5.58. The van der Waals surface area contributed by atoms with Crippen LogP contribution in [-0.2, 0) is 0 Å². The van der Waals surface area contributed by atoms with Gasteiger partial charge in [-0.25, -0.2) is 4.98 Å². The molecule has 2 N–H and O–H groups in total. The molecule has 5 nitrogen and oxygen atoms in total. The Balaban J connectivity index is 1.93. The molecule has 1 aliphatic carbocycles. The van der Waals surface area contributed by atoms with Crippen molar-refractivity contribution in [3.63, 3.8) is 0 Å². The molecule has 1 fully saturated rings. The van der Waals surface area contributed by atoms with Crippen molar-refractivity contribution in [2.45, 2.75) is 37.8 Å². The van der Waals surface area contributed by atoms with Gasteiger partial charge in [-0.1, -0.05) is 6.42 Å². The van der Waals surface area contributed by atoms with Crippen molar-refractivity contribution in [2.75, 3.05) is 5.73 Å². The minimum atomic E-state index is -4.14. The zero-order valence-electron chi connectivity index (χ0n) is 10.6. The van der Waals surface area contributed by atoms with Crippen LogP contribution in [0.15, 0.2) is 12.4 Å². The zero-order chi connectivity index (χ0) is 14.3. The van der Waals surface area contributed by atoms with Gasteiger partial charge in [0.05, 0.1) is 5.92 Å². The van der Waals surface area contributed by atoms with Gasteiger partial charge in [0.15, 0.2) is 5.82 Å². The van der Waals surface area contributed by atoms with Crippen molar-refractivity contribution in [1.29, 1.82) is 0 Å². The van der Waals surface area contributed by atoms with Crippen molar-refractivity contribution in [3.8, 4) is 0 Å². The van der Waals surface area contributed by atoms with Crippen LogP contribution in [0.2, 0.25) is 0 Å². The van der Waals surface area contributed by atoms with E-state index in [2.05, 4.69) is 15.2 Å². The molecule has 2 heterocycles. The van der Waals surface area contributed by atoms with Crippen molar-refractivity contribution < 1.29 is 13.2 Å². The third-order valence-corrected chi connectivity index (χ3v) is 3.88. The number of anilines is 1. The molecule has 0 spiro atoms. The molecule has 0 radical (unpaired) electrons. The summed E-state index contributed by atoms with van der Waals surface area (Å²) >= 11 is 0. The number of rotatable bonds is 1. The van der Waals surface area contributed by atoms with Crippen LogP contribution in [0.25, 0.3) is 5.65 Å². The summed E-state index contributed by atoms with van der Waals surface area (Å²) in [7, 11) is 0. The number of fused-ring (bicyclic) bond motifs is 1. The zero-order valence-corrected chi connectivity index (χ0v) is 10.6. The molecule has 1 saturated carbocycles. The van der Waals surface area contributed by atoms with E-state index >= 15 is 0 Å². The van der Waals surface area contributed by atoms with Gasteiger partial charge >= 0.3 is 6.18 Å². The number of nitrogens with zero attached hydrogens (tertiary/aromatic N) is 4. The Morgan fingerprint density at radius 2 is 2.05 bits per heavy atom.